The molecule has 0 aliphatic carbocycles. The molecule has 1 aromatic carbocycles. The van der Waals surface area contributed by atoms with E-state index in [2.05, 4.69) is 10.6 Å². The number of hydrogen-bond donors (Lipinski definition) is 2. The van der Waals surface area contributed by atoms with Crippen molar-refractivity contribution in [2.75, 3.05) is 31.8 Å². The molecule has 1 atom stereocenters. The van der Waals surface area contributed by atoms with E-state index < -0.39 is 6.67 Å². The zero-order valence-corrected chi connectivity index (χ0v) is 12.8. The molecule has 2 rings (SSSR count). The molecule has 122 valence electrons. The van der Waals surface area contributed by atoms with Crippen molar-refractivity contribution in [2.45, 2.75) is 25.8 Å². The second kappa shape index (κ2) is 8.58. The molecule has 22 heavy (non-hydrogen) atoms. The van der Waals surface area contributed by atoms with Crippen LogP contribution in [0.2, 0.25) is 0 Å². The highest BCUT2D eigenvalue weighted by molar-refractivity contribution is 5.89. The predicted molar refractivity (Wildman–Crippen MR) is 83.1 cm³/mol. The highest BCUT2D eigenvalue weighted by Gasteiger charge is 2.21. The van der Waals surface area contributed by atoms with Gasteiger partial charge in [0.05, 0.1) is 0 Å². The molecule has 0 unspecified atom stereocenters. The number of rotatable bonds is 6. The monoisotopic (exact) mass is 310 g/mol. The van der Waals surface area contributed by atoms with Crippen LogP contribution < -0.4 is 15.4 Å². The van der Waals surface area contributed by atoms with Crippen LogP contribution in [0.25, 0.3) is 0 Å². The summed E-state index contributed by atoms with van der Waals surface area (Å²) in [7, 11) is 0. The Labute approximate surface area is 130 Å². The average Bonchev–Trinajstić information content (AvgIpc) is 2.54. The van der Waals surface area contributed by atoms with Crippen LogP contribution in [-0.4, -0.2) is 38.6 Å². The largest absolute Gasteiger partial charge is 0.491 e. The van der Waals surface area contributed by atoms with E-state index in [1.807, 2.05) is 6.92 Å². The van der Waals surface area contributed by atoms with Crippen LogP contribution in [0.1, 0.15) is 19.8 Å². The Hall–Kier alpha value is -1.82. The van der Waals surface area contributed by atoms with Crippen molar-refractivity contribution in [1.29, 1.82) is 0 Å². The molecule has 2 amide bonds. The fourth-order valence-corrected chi connectivity index (χ4v) is 2.53. The van der Waals surface area contributed by atoms with Crippen LogP contribution in [0.4, 0.5) is 14.9 Å². The summed E-state index contributed by atoms with van der Waals surface area (Å²) < 4.78 is 22.6. The molecule has 0 spiro atoms. The number of ether oxygens (including phenoxy) is 2. The number of hydrogen-bond acceptors (Lipinski definition) is 3. The summed E-state index contributed by atoms with van der Waals surface area (Å²) in [6.45, 7) is 2.99. The fraction of sp³-hybridized carbons (Fsp3) is 0.562. The Kier molecular flexibility index (Phi) is 6.45. The lowest BCUT2D eigenvalue weighted by atomic mass is 9.93. The van der Waals surface area contributed by atoms with E-state index in [9.17, 15) is 9.18 Å². The molecule has 0 radical (unpaired) electrons. The van der Waals surface area contributed by atoms with E-state index >= 15 is 0 Å². The van der Waals surface area contributed by atoms with Gasteiger partial charge in [-0.2, -0.15) is 0 Å². The maximum Gasteiger partial charge on any atom is 0.319 e. The third kappa shape index (κ3) is 5.18. The molecule has 1 aromatic rings. The van der Waals surface area contributed by atoms with Gasteiger partial charge in [0.2, 0.25) is 0 Å². The molecule has 2 N–H and O–H groups in total. The zero-order valence-electron chi connectivity index (χ0n) is 12.8. The van der Waals surface area contributed by atoms with Crippen LogP contribution in [0.5, 0.6) is 5.75 Å². The van der Waals surface area contributed by atoms with Crippen molar-refractivity contribution in [3.05, 3.63) is 24.3 Å². The number of amides is 2. The van der Waals surface area contributed by atoms with Crippen LogP contribution in [-0.2, 0) is 4.74 Å². The quantitative estimate of drug-likeness (QED) is 0.849. The summed E-state index contributed by atoms with van der Waals surface area (Å²) in [4.78, 5) is 12.0. The number of carbonyl (C=O) groups excluding carboxylic acids is 1. The molecular weight excluding hydrogens is 287 g/mol. The number of urea groups is 1. The van der Waals surface area contributed by atoms with Crippen LogP contribution in [0, 0.1) is 5.92 Å². The summed E-state index contributed by atoms with van der Waals surface area (Å²) in [6, 6.07) is 6.76. The average molecular weight is 310 g/mol. The molecule has 1 aliphatic heterocycles. The minimum atomic E-state index is -0.541. The third-order valence-corrected chi connectivity index (χ3v) is 3.77. The van der Waals surface area contributed by atoms with Crippen molar-refractivity contribution >= 4 is 11.7 Å². The Morgan fingerprint density at radius 1 is 1.45 bits per heavy atom. The number of halogens is 1. The number of carbonyl (C=O) groups is 1. The number of anilines is 1. The first-order valence-corrected chi connectivity index (χ1v) is 7.63. The SMILES string of the molecule is C[C@@H](NC(=O)Nc1cccc(OCCF)c1)C1CCOCC1. The second-order valence-electron chi connectivity index (χ2n) is 5.40. The highest BCUT2D eigenvalue weighted by atomic mass is 19.1. The smallest absolute Gasteiger partial charge is 0.319 e. The molecule has 0 saturated carbocycles. The molecule has 1 saturated heterocycles. The van der Waals surface area contributed by atoms with Gasteiger partial charge in [-0.3, -0.25) is 0 Å². The van der Waals surface area contributed by atoms with Crippen molar-refractivity contribution in [3.8, 4) is 5.75 Å². The zero-order chi connectivity index (χ0) is 15.8. The van der Waals surface area contributed by atoms with Gasteiger partial charge < -0.3 is 20.1 Å². The minimum Gasteiger partial charge on any atom is -0.491 e. The third-order valence-electron chi connectivity index (χ3n) is 3.77. The van der Waals surface area contributed by atoms with E-state index in [4.69, 9.17) is 9.47 Å². The first-order chi connectivity index (χ1) is 10.7. The minimum absolute atomic E-state index is 0.0104. The van der Waals surface area contributed by atoms with Gasteiger partial charge in [0.25, 0.3) is 0 Å². The van der Waals surface area contributed by atoms with Crippen molar-refractivity contribution in [3.63, 3.8) is 0 Å². The lowest BCUT2D eigenvalue weighted by Crippen LogP contribution is -2.42. The van der Waals surface area contributed by atoms with E-state index in [0.717, 1.165) is 26.1 Å². The van der Waals surface area contributed by atoms with Gasteiger partial charge in [-0.05, 0) is 37.8 Å². The number of benzene rings is 1. The van der Waals surface area contributed by atoms with Crippen LogP contribution in [0.15, 0.2) is 24.3 Å². The maximum absolute atomic E-state index is 12.1. The van der Waals surface area contributed by atoms with E-state index in [0.29, 0.717) is 17.4 Å². The molecule has 1 fully saturated rings. The first-order valence-electron chi connectivity index (χ1n) is 7.63. The topological polar surface area (TPSA) is 59.6 Å². The molecule has 1 aliphatic rings. The van der Waals surface area contributed by atoms with Gasteiger partial charge in [0.1, 0.15) is 19.0 Å². The lowest BCUT2D eigenvalue weighted by Gasteiger charge is -2.28. The summed E-state index contributed by atoms with van der Waals surface area (Å²) >= 11 is 0. The molecule has 6 heteroatoms. The summed E-state index contributed by atoms with van der Waals surface area (Å²) in [6.07, 6.45) is 1.93. The number of nitrogens with one attached hydrogen (secondary N) is 2. The predicted octanol–water partition coefficient (Wildman–Crippen LogP) is 2.97. The summed E-state index contributed by atoms with van der Waals surface area (Å²) in [5.41, 5.74) is 0.619. The van der Waals surface area contributed by atoms with Crippen molar-refractivity contribution in [1.82, 2.24) is 5.32 Å². The van der Waals surface area contributed by atoms with Crippen molar-refractivity contribution in [2.24, 2.45) is 5.92 Å². The Morgan fingerprint density at radius 3 is 2.95 bits per heavy atom. The summed E-state index contributed by atoms with van der Waals surface area (Å²) in [5, 5.41) is 5.73. The highest BCUT2D eigenvalue weighted by Crippen LogP contribution is 2.19. The molecule has 5 nitrogen and oxygen atoms in total. The Bertz CT molecular complexity index is 478. The first kappa shape index (κ1) is 16.5. The van der Waals surface area contributed by atoms with E-state index in [1.54, 1.807) is 24.3 Å². The van der Waals surface area contributed by atoms with E-state index in [1.165, 1.54) is 0 Å². The van der Waals surface area contributed by atoms with Gasteiger partial charge in [-0.15, -0.1) is 0 Å². The van der Waals surface area contributed by atoms with E-state index in [-0.39, 0.29) is 18.7 Å². The van der Waals surface area contributed by atoms with Gasteiger partial charge in [-0.1, -0.05) is 6.07 Å². The number of alkyl halides is 1. The maximum atomic E-state index is 12.1. The molecule has 1 heterocycles. The normalized spacial score (nSPS) is 16.8. The standard InChI is InChI=1S/C16H23FN2O3/c1-12(13-5-8-21-9-6-13)18-16(20)19-14-3-2-4-15(11-14)22-10-7-17/h2-4,11-13H,5-10H2,1H3,(H2,18,19,20)/t12-/m1/s1. The fourth-order valence-electron chi connectivity index (χ4n) is 2.53. The summed E-state index contributed by atoms with van der Waals surface area (Å²) in [5.74, 6) is 0.978. The van der Waals surface area contributed by atoms with Crippen molar-refractivity contribution < 1.29 is 18.7 Å². The molecule has 0 aromatic heterocycles. The van der Waals surface area contributed by atoms with Gasteiger partial charge in [0, 0.05) is 31.0 Å². The van der Waals surface area contributed by atoms with Gasteiger partial charge in [-0.25, -0.2) is 9.18 Å². The molecular formula is C16H23FN2O3. The second-order valence-corrected chi connectivity index (χ2v) is 5.40. The Morgan fingerprint density at radius 2 is 2.23 bits per heavy atom. The van der Waals surface area contributed by atoms with Gasteiger partial charge >= 0.3 is 6.03 Å². The Balaban J connectivity index is 1.83. The van der Waals surface area contributed by atoms with Crippen LogP contribution in [0.3, 0.4) is 0 Å². The molecule has 0 bridgehead atoms. The lowest BCUT2D eigenvalue weighted by molar-refractivity contribution is 0.0573. The van der Waals surface area contributed by atoms with Gasteiger partial charge in [0.15, 0.2) is 0 Å². The van der Waals surface area contributed by atoms with Crippen LogP contribution >= 0.6 is 0 Å².